The van der Waals surface area contributed by atoms with E-state index < -0.39 is 0 Å². The van der Waals surface area contributed by atoms with Crippen molar-refractivity contribution in [1.82, 2.24) is 0 Å². The summed E-state index contributed by atoms with van der Waals surface area (Å²) in [6.07, 6.45) is 22.7. The average Bonchev–Trinajstić information content (AvgIpc) is 3.60. The third kappa shape index (κ3) is 10.3. The minimum Gasteiger partial charge on any atom is -0.494 e. The molecule has 0 saturated heterocycles. The van der Waals surface area contributed by atoms with Gasteiger partial charge in [-0.15, -0.1) is 0 Å². The van der Waals surface area contributed by atoms with Gasteiger partial charge in [-0.25, -0.2) is 0 Å². The molecular weight excluding hydrogens is 725 g/mol. The van der Waals surface area contributed by atoms with Gasteiger partial charge in [0, 0.05) is 12.8 Å². The summed E-state index contributed by atoms with van der Waals surface area (Å²) in [5, 5.41) is 0. The van der Waals surface area contributed by atoms with Crippen molar-refractivity contribution in [2.75, 3.05) is 13.2 Å². The molecule has 4 aliphatic carbocycles. The molecule has 0 aromatic heterocycles. The Morgan fingerprint density at radius 2 is 1.42 bits per heavy atom. The highest BCUT2D eigenvalue weighted by Gasteiger charge is 2.59. The lowest BCUT2D eigenvalue weighted by Crippen LogP contribution is -2.51. The van der Waals surface area contributed by atoms with Crippen molar-refractivity contribution in [2.24, 2.45) is 46.3 Å². The molecule has 7 rings (SSSR count). The SMILES string of the molecule is CCCCCCOc1ccc(-c2ccc(-c3cccc(OCCCC(=O)O[C@H]4CC[C@@]5(C)C(=CC[C@H]6[C@@H]7CC[C@H]([C@H](C)CCCC(C)C)[C@@]7(C)CC[C@@H]65)C4)c3)cc2)cc1. The number of fused-ring (bicyclic) bond motifs is 5. The number of carbonyl (C=O) groups is 1. The molecule has 0 aliphatic heterocycles. The van der Waals surface area contributed by atoms with E-state index >= 15 is 0 Å². The Labute approximate surface area is 358 Å². The summed E-state index contributed by atoms with van der Waals surface area (Å²) in [5.41, 5.74) is 7.00. The number of ether oxygens (including phenoxy) is 3. The van der Waals surface area contributed by atoms with Crippen LogP contribution < -0.4 is 9.47 Å². The maximum Gasteiger partial charge on any atom is 0.306 e. The molecule has 0 unspecified atom stereocenters. The van der Waals surface area contributed by atoms with Crippen LogP contribution in [0.25, 0.3) is 22.3 Å². The fourth-order valence-corrected chi connectivity index (χ4v) is 12.5. The molecule has 0 heterocycles. The van der Waals surface area contributed by atoms with Gasteiger partial charge in [0.1, 0.15) is 17.6 Å². The van der Waals surface area contributed by atoms with Crippen molar-refractivity contribution in [3.8, 4) is 33.8 Å². The molecule has 320 valence electrons. The van der Waals surface area contributed by atoms with E-state index in [0.717, 1.165) is 90.4 Å². The average molecular weight is 801 g/mol. The molecule has 0 N–H and O–H groups in total. The van der Waals surface area contributed by atoms with Gasteiger partial charge in [-0.2, -0.15) is 0 Å². The summed E-state index contributed by atoms with van der Waals surface area (Å²) >= 11 is 0. The van der Waals surface area contributed by atoms with Gasteiger partial charge in [0.15, 0.2) is 0 Å². The maximum atomic E-state index is 13.1. The summed E-state index contributed by atoms with van der Waals surface area (Å²) in [7, 11) is 0. The lowest BCUT2D eigenvalue weighted by atomic mass is 9.47. The lowest BCUT2D eigenvalue weighted by Gasteiger charge is -2.58. The van der Waals surface area contributed by atoms with E-state index in [2.05, 4.69) is 108 Å². The smallest absolute Gasteiger partial charge is 0.306 e. The molecule has 0 radical (unpaired) electrons. The molecule has 8 atom stereocenters. The molecule has 3 aromatic carbocycles. The first kappa shape index (κ1) is 43.6. The monoisotopic (exact) mass is 801 g/mol. The Kier molecular flexibility index (Phi) is 14.7. The summed E-state index contributed by atoms with van der Waals surface area (Å²) in [6.45, 7) is 16.1. The Morgan fingerprint density at radius 3 is 2.17 bits per heavy atom. The Bertz CT molecular complexity index is 1820. The predicted octanol–water partition coefficient (Wildman–Crippen LogP) is 15.1. The second-order valence-corrected chi connectivity index (χ2v) is 20.1. The van der Waals surface area contributed by atoms with Crippen LogP contribution >= 0.6 is 0 Å². The van der Waals surface area contributed by atoms with Crippen LogP contribution in [0.15, 0.2) is 84.4 Å². The van der Waals surface area contributed by atoms with Crippen molar-refractivity contribution >= 4 is 5.97 Å². The Morgan fingerprint density at radius 1 is 0.712 bits per heavy atom. The summed E-state index contributed by atoms with van der Waals surface area (Å²) in [4.78, 5) is 13.1. The van der Waals surface area contributed by atoms with E-state index in [9.17, 15) is 4.79 Å². The van der Waals surface area contributed by atoms with Gasteiger partial charge >= 0.3 is 5.97 Å². The van der Waals surface area contributed by atoms with Crippen molar-refractivity contribution < 1.29 is 19.0 Å². The second-order valence-electron chi connectivity index (χ2n) is 20.1. The predicted molar refractivity (Wildman–Crippen MR) is 245 cm³/mol. The molecule has 4 aliphatic rings. The quantitative estimate of drug-likeness (QED) is 0.0688. The molecule has 3 aromatic rings. The Balaban J connectivity index is 0.842. The van der Waals surface area contributed by atoms with Crippen molar-refractivity contribution in [3.63, 3.8) is 0 Å². The molecule has 0 bridgehead atoms. The van der Waals surface area contributed by atoms with E-state index in [-0.39, 0.29) is 17.5 Å². The fourth-order valence-electron chi connectivity index (χ4n) is 12.5. The van der Waals surface area contributed by atoms with E-state index in [4.69, 9.17) is 14.2 Å². The van der Waals surface area contributed by atoms with Crippen molar-refractivity contribution in [1.29, 1.82) is 0 Å². The molecule has 4 heteroatoms. The van der Waals surface area contributed by atoms with Gasteiger partial charge in [0.2, 0.25) is 0 Å². The molecule has 3 saturated carbocycles. The highest BCUT2D eigenvalue weighted by molar-refractivity contribution is 5.71. The van der Waals surface area contributed by atoms with E-state index in [0.29, 0.717) is 24.9 Å². The lowest BCUT2D eigenvalue weighted by molar-refractivity contribution is -0.151. The maximum absolute atomic E-state index is 13.1. The van der Waals surface area contributed by atoms with Gasteiger partial charge in [-0.1, -0.05) is 140 Å². The summed E-state index contributed by atoms with van der Waals surface area (Å²) in [5.74, 6) is 6.74. The van der Waals surface area contributed by atoms with Crippen LogP contribution in [0.4, 0.5) is 0 Å². The number of allylic oxidation sites excluding steroid dienone is 1. The molecule has 0 amide bonds. The largest absolute Gasteiger partial charge is 0.494 e. The number of hydrogen-bond acceptors (Lipinski definition) is 4. The second kappa shape index (κ2) is 19.9. The van der Waals surface area contributed by atoms with Crippen LogP contribution in [0.3, 0.4) is 0 Å². The topological polar surface area (TPSA) is 44.8 Å². The normalized spacial score (nSPS) is 27.9. The van der Waals surface area contributed by atoms with Crippen LogP contribution in [0.1, 0.15) is 151 Å². The van der Waals surface area contributed by atoms with Gasteiger partial charge in [-0.3, -0.25) is 4.79 Å². The molecule has 0 spiro atoms. The fraction of sp³-hybridized carbons (Fsp3) is 0.618. The van der Waals surface area contributed by atoms with E-state index in [1.165, 1.54) is 81.8 Å². The standard InChI is InChI=1S/C55H76O4/c1-7-8-9-10-35-57-46-26-23-42(24-27-46)41-19-21-43(22-20-41)44-16-12-17-47(37-44)58-36-13-18-53(56)59-48-31-33-54(5)45(38-48)25-28-49-51-30-29-50(40(4)15-11-14-39(2)3)55(51,6)34-32-52(49)54/h12,16-17,19-27,37,39-40,48-52H,7-11,13-15,18,28-36,38H2,1-6H3/t40-,48+,49+,50-,51+,52+,54+,55-/m1/s1. The number of benzene rings is 3. The number of rotatable bonds is 19. The number of hydrogen-bond donors (Lipinski definition) is 0. The van der Waals surface area contributed by atoms with Crippen LogP contribution in [-0.2, 0) is 9.53 Å². The minimum atomic E-state index is -0.0807. The van der Waals surface area contributed by atoms with Crippen LogP contribution in [-0.4, -0.2) is 25.3 Å². The molecular formula is C55H76O4. The van der Waals surface area contributed by atoms with Gasteiger partial charge in [-0.05, 0) is 151 Å². The highest BCUT2D eigenvalue weighted by atomic mass is 16.5. The minimum absolute atomic E-state index is 0.0113. The molecule has 3 fully saturated rings. The van der Waals surface area contributed by atoms with E-state index in [1.54, 1.807) is 5.57 Å². The van der Waals surface area contributed by atoms with Crippen molar-refractivity contribution in [2.45, 2.75) is 157 Å². The highest BCUT2D eigenvalue weighted by Crippen LogP contribution is 2.67. The molecule has 4 nitrogen and oxygen atoms in total. The first-order chi connectivity index (χ1) is 28.6. The number of carbonyl (C=O) groups excluding carboxylic acids is 1. The van der Waals surface area contributed by atoms with Gasteiger partial charge in [0.05, 0.1) is 13.2 Å². The van der Waals surface area contributed by atoms with Crippen LogP contribution in [0.5, 0.6) is 11.5 Å². The van der Waals surface area contributed by atoms with Crippen molar-refractivity contribution in [3.05, 3.63) is 84.4 Å². The van der Waals surface area contributed by atoms with Gasteiger partial charge in [0.25, 0.3) is 0 Å². The summed E-state index contributed by atoms with van der Waals surface area (Å²) < 4.78 is 18.2. The zero-order valence-electron chi connectivity index (χ0n) is 37.6. The molecule has 59 heavy (non-hydrogen) atoms. The number of esters is 1. The number of unbranched alkanes of at least 4 members (excludes halogenated alkanes) is 3. The summed E-state index contributed by atoms with van der Waals surface area (Å²) in [6, 6.07) is 25.4. The third-order valence-electron chi connectivity index (χ3n) is 15.9. The van der Waals surface area contributed by atoms with E-state index in [1.807, 2.05) is 12.1 Å². The third-order valence-corrected chi connectivity index (χ3v) is 15.9. The zero-order chi connectivity index (χ0) is 41.4. The van der Waals surface area contributed by atoms with Gasteiger partial charge < -0.3 is 14.2 Å². The zero-order valence-corrected chi connectivity index (χ0v) is 37.6. The first-order valence-corrected chi connectivity index (χ1v) is 24.0. The first-order valence-electron chi connectivity index (χ1n) is 24.0. The van der Waals surface area contributed by atoms with Crippen LogP contribution in [0.2, 0.25) is 0 Å². The Hall–Kier alpha value is -3.53. The van der Waals surface area contributed by atoms with Crippen LogP contribution in [0, 0.1) is 46.3 Å².